The summed E-state index contributed by atoms with van der Waals surface area (Å²) in [6.07, 6.45) is 10.9. The number of amides is 1. The van der Waals surface area contributed by atoms with E-state index in [1.807, 2.05) is 47.1 Å². The predicted octanol–water partition coefficient (Wildman–Crippen LogP) is 4.50. The predicted molar refractivity (Wildman–Crippen MR) is 140 cm³/mol. The minimum Gasteiger partial charge on any atom is -0.494 e. The minimum absolute atomic E-state index is 0.0104. The van der Waals surface area contributed by atoms with Crippen LogP contribution >= 0.6 is 0 Å². The van der Waals surface area contributed by atoms with E-state index in [1.54, 1.807) is 18.6 Å². The average molecular weight is 485 g/mol. The Morgan fingerprint density at radius 2 is 1.97 bits per heavy atom. The highest BCUT2D eigenvalue weighted by Gasteiger charge is 2.26. The Morgan fingerprint density at radius 1 is 1.14 bits per heavy atom. The third-order valence-electron chi connectivity index (χ3n) is 6.64. The number of hydrogen-bond acceptors (Lipinski definition) is 6. The largest absolute Gasteiger partial charge is 0.494 e. The zero-order valence-electron chi connectivity index (χ0n) is 20.6. The van der Waals surface area contributed by atoms with E-state index in [2.05, 4.69) is 33.2 Å². The molecule has 8 heteroatoms. The molecule has 0 aliphatic carbocycles. The first kappa shape index (κ1) is 23.8. The van der Waals surface area contributed by atoms with Gasteiger partial charge >= 0.3 is 0 Å². The van der Waals surface area contributed by atoms with Crippen molar-refractivity contribution in [2.24, 2.45) is 5.92 Å². The summed E-state index contributed by atoms with van der Waals surface area (Å²) in [6, 6.07) is 14.0. The molecular weight excluding hydrogens is 452 g/mol. The standard InChI is InChI=1S/C28H32N6O2/c1-2-3-17-36-24-8-6-22(7-9-24)25-18-26-27(30-13-16-34(26)32-25)33-14-10-23(11-15-33)28(35)31-20-21-5-4-12-29-19-21/h4-9,12-13,16,18-19,23H,2-3,10-11,14-15,17,20H2,1H3,(H,31,35). The van der Waals surface area contributed by atoms with Crippen LogP contribution in [0.25, 0.3) is 16.8 Å². The van der Waals surface area contributed by atoms with E-state index >= 15 is 0 Å². The zero-order valence-corrected chi connectivity index (χ0v) is 20.6. The van der Waals surface area contributed by atoms with E-state index in [0.717, 1.165) is 79.3 Å². The maximum atomic E-state index is 12.7. The first-order valence-corrected chi connectivity index (χ1v) is 12.7. The number of nitrogens with zero attached hydrogens (tertiary/aromatic N) is 5. The molecule has 0 radical (unpaired) electrons. The van der Waals surface area contributed by atoms with Crippen molar-refractivity contribution in [2.75, 3.05) is 24.6 Å². The second kappa shape index (κ2) is 11.2. The highest BCUT2D eigenvalue weighted by molar-refractivity contribution is 5.79. The van der Waals surface area contributed by atoms with Gasteiger partial charge in [0.1, 0.15) is 11.3 Å². The molecule has 0 bridgehead atoms. The lowest BCUT2D eigenvalue weighted by Crippen LogP contribution is -2.40. The molecule has 0 atom stereocenters. The second-order valence-corrected chi connectivity index (χ2v) is 9.18. The number of nitrogens with one attached hydrogen (secondary N) is 1. The van der Waals surface area contributed by atoms with Gasteiger partial charge in [-0.05, 0) is 61.2 Å². The topological polar surface area (TPSA) is 84.6 Å². The van der Waals surface area contributed by atoms with Crippen LogP contribution in [0.3, 0.4) is 0 Å². The Balaban J connectivity index is 1.23. The number of rotatable bonds is 9. The van der Waals surface area contributed by atoms with Crippen LogP contribution in [0, 0.1) is 5.92 Å². The number of carbonyl (C=O) groups excluding carboxylic acids is 1. The fraction of sp³-hybridized carbons (Fsp3) is 0.357. The molecule has 8 nitrogen and oxygen atoms in total. The lowest BCUT2D eigenvalue weighted by Gasteiger charge is -2.32. The Morgan fingerprint density at radius 3 is 2.72 bits per heavy atom. The van der Waals surface area contributed by atoms with Crippen LogP contribution in [-0.2, 0) is 11.3 Å². The number of ether oxygens (including phenoxy) is 1. The van der Waals surface area contributed by atoms with E-state index in [1.165, 1.54) is 0 Å². The number of anilines is 1. The fourth-order valence-electron chi connectivity index (χ4n) is 4.54. The van der Waals surface area contributed by atoms with E-state index in [9.17, 15) is 4.79 Å². The van der Waals surface area contributed by atoms with Gasteiger partial charge in [0.25, 0.3) is 0 Å². The molecule has 1 amide bonds. The molecule has 0 spiro atoms. The van der Waals surface area contributed by atoms with Gasteiger partial charge in [0.2, 0.25) is 5.91 Å². The summed E-state index contributed by atoms with van der Waals surface area (Å²) in [5.74, 6) is 1.91. The number of benzene rings is 1. The Labute approximate surface area is 211 Å². The molecule has 36 heavy (non-hydrogen) atoms. The normalized spacial score (nSPS) is 14.2. The number of hydrogen-bond donors (Lipinski definition) is 1. The van der Waals surface area contributed by atoms with Crippen molar-refractivity contribution in [3.8, 4) is 17.0 Å². The molecule has 3 aromatic heterocycles. The lowest BCUT2D eigenvalue weighted by molar-refractivity contribution is -0.125. The quantitative estimate of drug-likeness (QED) is 0.352. The molecule has 0 saturated carbocycles. The third kappa shape index (κ3) is 5.48. The summed E-state index contributed by atoms with van der Waals surface area (Å²) in [6.45, 7) is 4.97. The molecule has 1 aliphatic heterocycles. The molecular formula is C28H32N6O2. The SMILES string of the molecule is CCCCOc1ccc(-c2cc3c(N4CCC(C(=O)NCc5cccnc5)CC4)nccn3n2)cc1. The van der Waals surface area contributed by atoms with Gasteiger partial charge in [0.05, 0.1) is 12.3 Å². The maximum absolute atomic E-state index is 12.7. The summed E-state index contributed by atoms with van der Waals surface area (Å²) < 4.78 is 7.67. The molecule has 0 unspecified atom stereocenters. The number of carbonyl (C=O) groups is 1. The highest BCUT2D eigenvalue weighted by atomic mass is 16.5. The molecule has 1 fully saturated rings. The van der Waals surface area contributed by atoms with Crippen LogP contribution in [0.1, 0.15) is 38.2 Å². The molecule has 1 saturated heterocycles. The van der Waals surface area contributed by atoms with Crippen LogP contribution in [0.5, 0.6) is 5.75 Å². The van der Waals surface area contributed by atoms with Crippen LogP contribution in [-0.4, -0.2) is 45.2 Å². The minimum atomic E-state index is 0.0104. The first-order valence-electron chi connectivity index (χ1n) is 12.7. The molecule has 1 aromatic carbocycles. The van der Waals surface area contributed by atoms with Gasteiger partial charge in [0, 0.05) is 55.9 Å². The van der Waals surface area contributed by atoms with E-state index in [-0.39, 0.29) is 11.8 Å². The number of piperidine rings is 1. The van der Waals surface area contributed by atoms with Gasteiger partial charge < -0.3 is 15.0 Å². The highest BCUT2D eigenvalue weighted by Crippen LogP contribution is 2.29. The summed E-state index contributed by atoms with van der Waals surface area (Å²) >= 11 is 0. The molecule has 1 N–H and O–H groups in total. The van der Waals surface area contributed by atoms with Crippen molar-refractivity contribution >= 4 is 17.2 Å². The van der Waals surface area contributed by atoms with Gasteiger partial charge in [-0.25, -0.2) is 9.50 Å². The first-order chi connectivity index (χ1) is 17.7. The molecule has 186 valence electrons. The van der Waals surface area contributed by atoms with E-state index in [4.69, 9.17) is 9.84 Å². The number of aromatic nitrogens is 4. The van der Waals surface area contributed by atoms with Crippen molar-refractivity contribution in [3.05, 3.63) is 72.8 Å². The van der Waals surface area contributed by atoms with Crippen molar-refractivity contribution in [2.45, 2.75) is 39.2 Å². The number of unbranched alkanes of at least 4 members (excludes halogenated alkanes) is 1. The Bertz CT molecular complexity index is 1280. The third-order valence-corrected chi connectivity index (χ3v) is 6.64. The maximum Gasteiger partial charge on any atom is 0.223 e. The molecule has 1 aliphatic rings. The van der Waals surface area contributed by atoms with Gasteiger partial charge in [-0.15, -0.1) is 0 Å². The van der Waals surface area contributed by atoms with Gasteiger partial charge in [-0.1, -0.05) is 19.4 Å². The molecule has 5 rings (SSSR count). The van der Waals surface area contributed by atoms with E-state index in [0.29, 0.717) is 6.54 Å². The zero-order chi connectivity index (χ0) is 24.7. The van der Waals surface area contributed by atoms with Crippen molar-refractivity contribution < 1.29 is 9.53 Å². The van der Waals surface area contributed by atoms with Crippen LogP contribution in [0.2, 0.25) is 0 Å². The summed E-state index contributed by atoms with van der Waals surface area (Å²) in [5, 5.41) is 7.84. The fourth-order valence-corrected chi connectivity index (χ4v) is 4.54. The van der Waals surface area contributed by atoms with Crippen LogP contribution in [0.4, 0.5) is 5.82 Å². The average Bonchev–Trinajstić information content (AvgIpc) is 3.38. The van der Waals surface area contributed by atoms with E-state index < -0.39 is 0 Å². The molecule has 4 heterocycles. The molecule has 4 aromatic rings. The van der Waals surface area contributed by atoms with Crippen LogP contribution in [0.15, 0.2) is 67.3 Å². The summed E-state index contributed by atoms with van der Waals surface area (Å²) in [4.78, 5) is 23.7. The second-order valence-electron chi connectivity index (χ2n) is 9.18. The monoisotopic (exact) mass is 484 g/mol. The number of pyridine rings is 1. The lowest BCUT2D eigenvalue weighted by atomic mass is 9.95. The van der Waals surface area contributed by atoms with Crippen LogP contribution < -0.4 is 15.0 Å². The smallest absolute Gasteiger partial charge is 0.223 e. The van der Waals surface area contributed by atoms with Gasteiger partial charge in [-0.2, -0.15) is 5.10 Å². The van der Waals surface area contributed by atoms with Crippen molar-refractivity contribution in [1.82, 2.24) is 24.9 Å². The summed E-state index contributed by atoms with van der Waals surface area (Å²) in [7, 11) is 0. The summed E-state index contributed by atoms with van der Waals surface area (Å²) in [5.41, 5.74) is 3.91. The van der Waals surface area contributed by atoms with Gasteiger partial charge in [0.15, 0.2) is 5.82 Å². The van der Waals surface area contributed by atoms with Crippen molar-refractivity contribution in [3.63, 3.8) is 0 Å². The Kier molecular flexibility index (Phi) is 7.40. The van der Waals surface area contributed by atoms with Gasteiger partial charge in [-0.3, -0.25) is 9.78 Å². The van der Waals surface area contributed by atoms with Crippen molar-refractivity contribution in [1.29, 1.82) is 0 Å². The number of fused-ring (bicyclic) bond motifs is 1. The Hall–Kier alpha value is -3.94.